The van der Waals surface area contributed by atoms with Gasteiger partial charge in [-0.2, -0.15) is 0 Å². The van der Waals surface area contributed by atoms with Gasteiger partial charge in [-0.3, -0.25) is 4.79 Å². The van der Waals surface area contributed by atoms with Crippen molar-refractivity contribution in [2.45, 2.75) is 38.8 Å². The Morgan fingerprint density at radius 3 is 2.78 bits per heavy atom. The fourth-order valence-corrected chi connectivity index (χ4v) is 3.77. The first-order valence-electron chi connectivity index (χ1n) is 8.48. The van der Waals surface area contributed by atoms with Crippen LogP contribution < -0.4 is 10.6 Å². The average Bonchev–Trinajstić information content (AvgIpc) is 3.03. The van der Waals surface area contributed by atoms with Gasteiger partial charge in [-0.25, -0.2) is 0 Å². The van der Waals surface area contributed by atoms with Gasteiger partial charge in [0.25, 0.3) is 0 Å². The highest BCUT2D eigenvalue weighted by molar-refractivity contribution is 7.10. The van der Waals surface area contributed by atoms with Gasteiger partial charge in [-0.05, 0) is 63.7 Å². The number of β-amino-alcohol motifs (C(OH)–C–C–N with tert-alkyl or cyclic N) is 1. The van der Waals surface area contributed by atoms with E-state index in [1.165, 1.54) is 4.88 Å². The molecule has 1 aromatic heterocycles. The van der Waals surface area contributed by atoms with Crippen LogP contribution in [-0.4, -0.2) is 54.7 Å². The van der Waals surface area contributed by atoms with Crippen molar-refractivity contribution in [2.75, 3.05) is 32.7 Å². The number of likely N-dealkylation sites (tertiary alicyclic amines) is 1. The zero-order valence-corrected chi connectivity index (χ0v) is 14.9. The minimum absolute atomic E-state index is 0.0532. The highest BCUT2D eigenvalue weighted by Crippen LogP contribution is 2.18. The summed E-state index contributed by atoms with van der Waals surface area (Å²) >= 11 is 1.67. The smallest absolute Gasteiger partial charge is 0.234 e. The van der Waals surface area contributed by atoms with Crippen molar-refractivity contribution in [1.29, 1.82) is 0 Å². The number of aliphatic hydroxyl groups excluding tert-OH is 1. The maximum absolute atomic E-state index is 12.0. The Morgan fingerprint density at radius 1 is 1.43 bits per heavy atom. The molecule has 0 radical (unpaired) electrons. The molecule has 23 heavy (non-hydrogen) atoms. The van der Waals surface area contributed by atoms with E-state index >= 15 is 0 Å². The van der Waals surface area contributed by atoms with Crippen LogP contribution >= 0.6 is 11.3 Å². The summed E-state index contributed by atoms with van der Waals surface area (Å²) in [5.41, 5.74) is 0. The number of rotatable bonds is 8. The molecule has 1 aliphatic heterocycles. The molecule has 0 aliphatic carbocycles. The Balaban J connectivity index is 1.57. The van der Waals surface area contributed by atoms with Gasteiger partial charge < -0.3 is 20.6 Å². The molecule has 0 spiro atoms. The lowest BCUT2D eigenvalue weighted by Gasteiger charge is -2.32. The van der Waals surface area contributed by atoms with Crippen LogP contribution in [-0.2, 0) is 4.79 Å². The number of carbonyl (C=O) groups excluding carboxylic acids is 1. The molecule has 0 aromatic carbocycles. The largest absolute Gasteiger partial charge is 0.392 e. The van der Waals surface area contributed by atoms with Crippen LogP contribution in [0.4, 0.5) is 0 Å². The Bertz CT molecular complexity index is 456. The predicted molar refractivity (Wildman–Crippen MR) is 94.6 cm³/mol. The second-order valence-corrected chi connectivity index (χ2v) is 7.51. The van der Waals surface area contributed by atoms with E-state index in [0.717, 1.165) is 39.0 Å². The summed E-state index contributed by atoms with van der Waals surface area (Å²) in [6.07, 6.45) is 2.01. The lowest BCUT2D eigenvalue weighted by molar-refractivity contribution is -0.120. The minimum atomic E-state index is -0.251. The van der Waals surface area contributed by atoms with E-state index in [2.05, 4.69) is 15.5 Å². The second kappa shape index (κ2) is 9.37. The zero-order chi connectivity index (χ0) is 16.7. The number of aliphatic hydroxyl groups is 1. The summed E-state index contributed by atoms with van der Waals surface area (Å²) in [6.45, 7) is 7.97. The second-order valence-electron chi connectivity index (χ2n) is 6.53. The lowest BCUT2D eigenvalue weighted by atomic mass is 9.96. The van der Waals surface area contributed by atoms with E-state index < -0.39 is 0 Å². The third-order valence-electron chi connectivity index (χ3n) is 4.30. The number of nitrogens with one attached hydrogen (secondary N) is 2. The van der Waals surface area contributed by atoms with Gasteiger partial charge in [0.15, 0.2) is 0 Å². The van der Waals surface area contributed by atoms with Gasteiger partial charge in [-0.1, -0.05) is 6.07 Å². The minimum Gasteiger partial charge on any atom is -0.392 e. The topological polar surface area (TPSA) is 64.6 Å². The Labute approximate surface area is 143 Å². The molecular formula is C17H29N3O2S. The normalized spacial score (nSPS) is 19.4. The first-order chi connectivity index (χ1) is 11.0. The number of hydrogen-bond donors (Lipinski definition) is 3. The molecular weight excluding hydrogens is 310 g/mol. The van der Waals surface area contributed by atoms with E-state index in [-0.39, 0.29) is 18.1 Å². The van der Waals surface area contributed by atoms with Gasteiger partial charge in [-0.15, -0.1) is 11.3 Å². The average molecular weight is 340 g/mol. The fourth-order valence-electron chi connectivity index (χ4n) is 3.04. The van der Waals surface area contributed by atoms with Crippen LogP contribution in [0.1, 0.15) is 37.6 Å². The van der Waals surface area contributed by atoms with Crippen molar-refractivity contribution < 1.29 is 9.90 Å². The first kappa shape index (κ1) is 18.4. The van der Waals surface area contributed by atoms with Crippen molar-refractivity contribution in [3.8, 4) is 0 Å². The number of amides is 1. The standard InChI is InChI=1S/C17H29N3O2S/c1-13(21)12-20-7-5-15(6-8-20)10-18-11-17(22)19-14(2)16-4-3-9-23-16/h3-4,9,13-15,18,21H,5-8,10-12H2,1-2H3,(H,19,22)/t13-,14+/m0/s1. The lowest BCUT2D eigenvalue weighted by Crippen LogP contribution is -2.42. The maximum atomic E-state index is 12.0. The van der Waals surface area contributed by atoms with E-state index in [4.69, 9.17) is 0 Å². The predicted octanol–water partition coefficient (Wildman–Crippen LogP) is 1.61. The summed E-state index contributed by atoms with van der Waals surface area (Å²) in [4.78, 5) is 15.5. The van der Waals surface area contributed by atoms with Crippen LogP contribution in [0.5, 0.6) is 0 Å². The molecule has 1 aliphatic rings. The van der Waals surface area contributed by atoms with E-state index in [9.17, 15) is 9.90 Å². The van der Waals surface area contributed by atoms with Gasteiger partial charge in [0.2, 0.25) is 5.91 Å². The molecule has 1 aromatic rings. The fraction of sp³-hybridized carbons (Fsp3) is 0.706. The molecule has 5 nitrogen and oxygen atoms in total. The summed E-state index contributed by atoms with van der Waals surface area (Å²) in [7, 11) is 0. The number of nitrogens with zero attached hydrogens (tertiary/aromatic N) is 1. The Hall–Kier alpha value is -0.950. The zero-order valence-electron chi connectivity index (χ0n) is 14.1. The molecule has 1 saturated heterocycles. The molecule has 6 heteroatoms. The molecule has 0 bridgehead atoms. The van der Waals surface area contributed by atoms with Gasteiger partial charge in [0.1, 0.15) is 0 Å². The molecule has 1 fully saturated rings. The third kappa shape index (κ3) is 6.59. The van der Waals surface area contributed by atoms with E-state index in [0.29, 0.717) is 12.5 Å². The van der Waals surface area contributed by atoms with E-state index in [1.807, 2.05) is 31.4 Å². The SMILES string of the molecule is C[C@H](O)CN1CCC(CNCC(=O)N[C@H](C)c2cccs2)CC1. The first-order valence-corrected chi connectivity index (χ1v) is 9.36. The molecule has 2 atom stereocenters. The quantitative estimate of drug-likeness (QED) is 0.673. The highest BCUT2D eigenvalue weighted by atomic mass is 32.1. The van der Waals surface area contributed by atoms with Gasteiger partial charge in [0, 0.05) is 11.4 Å². The van der Waals surface area contributed by atoms with Crippen molar-refractivity contribution in [3.63, 3.8) is 0 Å². The molecule has 3 N–H and O–H groups in total. The maximum Gasteiger partial charge on any atom is 0.234 e. The highest BCUT2D eigenvalue weighted by Gasteiger charge is 2.20. The van der Waals surface area contributed by atoms with Crippen molar-refractivity contribution >= 4 is 17.2 Å². The molecule has 2 heterocycles. The molecule has 2 rings (SSSR count). The number of thiophene rings is 1. The van der Waals surface area contributed by atoms with Crippen LogP contribution in [0.3, 0.4) is 0 Å². The summed E-state index contributed by atoms with van der Waals surface area (Å²) in [5.74, 6) is 0.681. The number of piperidine rings is 1. The monoisotopic (exact) mass is 339 g/mol. The van der Waals surface area contributed by atoms with E-state index in [1.54, 1.807) is 11.3 Å². The third-order valence-corrected chi connectivity index (χ3v) is 5.35. The van der Waals surface area contributed by atoms with Crippen LogP contribution in [0.2, 0.25) is 0 Å². The van der Waals surface area contributed by atoms with Gasteiger partial charge in [0.05, 0.1) is 18.7 Å². The molecule has 0 unspecified atom stereocenters. The van der Waals surface area contributed by atoms with Crippen molar-refractivity contribution in [3.05, 3.63) is 22.4 Å². The Morgan fingerprint density at radius 2 is 2.17 bits per heavy atom. The van der Waals surface area contributed by atoms with Crippen LogP contribution in [0, 0.1) is 5.92 Å². The summed E-state index contributed by atoms with van der Waals surface area (Å²) in [6, 6.07) is 4.13. The number of hydrogen-bond acceptors (Lipinski definition) is 5. The number of carbonyl (C=O) groups is 1. The van der Waals surface area contributed by atoms with Crippen molar-refractivity contribution in [1.82, 2.24) is 15.5 Å². The van der Waals surface area contributed by atoms with Crippen molar-refractivity contribution in [2.24, 2.45) is 5.92 Å². The summed E-state index contributed by atoms with van der Waals surface area (Å²) in [5, 5.41) is 17.7. The molecule has 130 valence electrons. The molecule has 0 saturated carbocycles. The summed E-state index contributed by atoms with van der Waals surface area (Å²) < 4.78 is 0. The Kier molecular flexibility index (Phi) is 7.49. The van der Waals surface area contributed by atoms with Crippen LogP contribution in [0.15, 0.2) is 17.5 Å². The van der Waals surface area contributed by atoms with Crippen LogP contribution in [0.25, 0.3) is 0 Å². The molecule has 1 amide bonds. The van der Waals surface area contributed by atoms with Gasteiger partial charge >= 0.3 is 0 Å².